The number of sulfone groups is 1. The lowest BCUT2D eigenvalue weighted by Crippen LogP contribution is -2.47. The van der Waals surface area contributed by atoms with E-state index in [9.17, 15) is 17.2 Å². The first-order valence-electron chi connectivity index (χ1n) is 8.18. The second-order valence-electron chi connectivity index (χ2n) is 5.95. The Balaban J connectivity index is 1.76. The highest BCUT2D eigenvalue weighted by Gasteiger charge is 2.31. The van der Waals surface area contributed by atoms with Gasteiger partial charge in [0.1, 0.15) is 5.75 Å². The average Bonchev–Trinajstić information content (AvgIpc) is 2.68. The largest absolute Gasteiger partial charge is 0.497 e. The quantitative estimate of drug-likeness (QED) is 0.796. The van der Waals surface area contributed by atoms with E-state index in [1.807, 2.05) is 29.2 Å². The molecule has 2 aromatic carbocycles. The molecule has 0 aromatic heterocycles. The predicted molar refractivity (Wildman–Crippen MR) is 97.1 cm³/mol. The molecule has 0 saturated carbocycles. The summed E-state index contributed by atoms with van der Waals surface area (Å²) in [7, 11) is -3.02. The van der Waals surface area contributed by atoms with E-state index in [1.165, 1.54) is 12.1 Å². The van der Waals surface area contributed by atoms with Crippen molar-refractivity contribution in [3.8, 4) is 5.75 Å². The minimum Gasteiger partial charge on any atom is -0.497 e. The molecule has 26 heavy (non-hydrogen) atoms. The molecule has 1 aliphatic heterocycles. The van der Waals surface area contributed by atoms with Gasteiger partial charge >= 0.3 is 5.76 Å². The van der Waals surface area contributed by atoms with Gasteiger partial charge in [0.2, 0.25) is 9.84 Å². The monoisotopic (exact) mass is 382 g/mol. The Morgan fingerprint density at radius 3 is 2.08 bits per heavy atom. The molecular formula is C18H20F2N2O3S. The van der Waals surface area contributed by atoms with Crippen molar-refractivity contribution in [2.75, 3.05) is 43.1 Å². The van der Waals surface area contributed by atoms with E-state index in [-0.39, 0.29) is 4.90 Å². The lowest BCUT2D eigenvalue weighted by atomic mass is 10.2. The molecule has 0 bridgehead atoms. The number of nitrogens with zero attached hydrogens (tertiary/aromatic N) is 2. The Labute approximate surface area is 151 Å². The van der Waals surface area contributed by atoms with E-state index in [0.717, 1.165) is 11.4 Å². The lowest BCUT2D eigenvalue weighted by Gasteiger charge is -2.38. The van der Waals surface area contributed by atoms with Gasteiger partial charge in [0.25, 0.3) is 0 Å². The number of methoxy groups -OCH3 is 1. The smallest absolute Gasteiger partial charge is 0.341 e. The maximum atomic E-state index is 13.0. The number of para-hydroxylation sites is 1. The number of anilines is 2. The highest BCUT2D eigenvalue weighted by molar-refractivity contribution is 7.91. The number of rotatable bonds is 5. The number of piperazine rings is 1. The van der Waals surface area contributed by atoms with Crippen LogP contribution in [0.15, 0.2) is 53.4 Å². The van der Waals surface area contributed by atoms with Crippen LogP contribution in [0, 0.1) is 0 Å². The molecule has 0 radical (unpaired) electrons. The molecule has 2 aromatic rings. The first kappa shape index (κ1) is 18.4. The Morgan fingerprint density at radius 2 is 1.50 bits per heavy atom. The first-order valence-corrected chi connectivity index (χ1v) is 9.73. The summed E-state index contributed by atoms with van der Waals surface area (Å²) in [5.41, 5.74) is 1.38. The summed E-state index contributed by atoms with van der Waals surface area (Å²) in [4.78, 5) is 3.70. The minimum atomic E-state index is -4.63. The van der Waals surface area contributed by atoms with Crippen LogP contribution in [0.1, 0.15) is 0 Å². The molecule has 0 atom stereocenters. The third-order valence-corrected chi connectivity index (χ3v) is 5.89. The van der Waals surface area contributed by atoms with E-state index in [2.05, 4.69) is 4.90 Å². The van der Waals surface area contributed by atoms with E-state index in [4.69, 9.17) is 4.74 Å². The first-order chi connectivity index (χ1) is 12.4. The van der Waals surface area contributed by atoms with Gasteiger partial charge in [0.05, 0.1) is 17.7 Å². The van der Waals surface area contributed by atoms with Gasteiger partial charge in [-0.25, -0.2) is 8.42 Å². The Kier molecular flexibility index (Phi) is 5.31. The fourth-order valence-electron chi connectivity index (χ4n) is 3.05. The van der Waals surface area contributed by atoms with Crippen molar-refractivity contribution in [3.05, 3.63) is 48.5 Å². The second kappa shape index (κ2) is 7.49. The zero-order chi connectivity index (χ0) is 18.7. The van der Waals surface area contributed by atoms with E-state index < -0.39 is 15.6 Å². The second-order valence-corrected chi connectivity index (χ2v) is 7.83. The molecule has 5 nitrogen and oxygen atoms in total. The van der Waals surface area contributed by atoms with Crippen molar-refractivity contribution >= 4 is 21.2 Å². The SMILES string of the molecule is COc1ccc(N2CCN(c3ccccc3S(=O)(=O)C(F)F)CC2)cc1. The summed E-state index contributed by atoms with van der Waals surface area (Å²) in [5.74, 6) is -2.65. The van der Waals surface area contributed by atoms with Crippen LogP contribution >= 0.6 is 0 Å². The fourth-order valence-corrected chi connectivity index (χ4v) is 4.00. The topological polar surface area (TPSA) is 49.9 Å². The van der Waals surface area contributed by atoms with Gasteiger partial charge in [-0.15, -0.1) is 0 Å². The molecule has 1 fully saturated rings. The van der Waals surface area contributed by atoms with Gasteiger partial charge in [0, 0.05) is 31.9 Å². The summed E-state index contributed by atoms with van der Waals surface area (Å²) in [6.07, 6.45) is 0. The summed E-state index contributed by atoms with van der Waals surface area (Å²) >= 11 is 0. The van der Waals surface area contributed by atoms with Gasteiger partial charge in [-0.05, 0) is 36.4 Å². The van der Waals surface area contributed by atoms with Crippen molar-refractivity contribution in [1.82, 2.24) is 0 Å². The number of alkyl halides is 2. The molecule has 1 aliphatic rings. The van der Waals surface area contributed by atoms with E-state index in [0.29, 0.717) is 31.9 Å². The van der Waals surface area contributed by atoms with Crippen LogP contribution in [0.4, 0.5) is 20.2 Å². The minimum absolute atomic E-state index is 0.312. The van der Waals surface area contributed by atoms with Gasteiger partial charge in [0.15, 0.2) is 0 Å². The molecule has 8 heteroatoms. The Bertz CT molecular complexity index is 849. The number of hydrogen-bond donors (Lipinski definition) is 0. The summed E-state index contributed by atoms with van der Waals surface area (Å²) < 4.78 is 55.0. The van der Waals surface area contributed by atoms with Gasteiger partial charge in [-0.2, -0.15) is 8.78 Å². The molecule has 140 valence electrons. The average molecular weight is 382 g/mol. The Morgan fingerprint density at radius 1 is 0.923 bits per heavy atom. The Hall–Kier alpha value is -2.35. The number of hydrogen-bond acceptors (Lipinski definition) is 5. The molecular weight excluding hydrogens is 362 g/mol. The molecule has 0 N–H and O–H groups in total. The molecule has 0 unspecified atom stereocenters. The predicted octanol–water partition coefficient (Wildman–Crippen LogP) is 3.02. The highest BCUT2D eigenvalue weighted by Crippen LogP contribution is 2.30. The molecule has 3 rings (SSSR count). The van der Waals surface area contributed by atoms with Gasteiger partial charge in [-0.3, -0.25) is 0 Å². The van der Waals surface area contributed by atoms with Crippen LogP contribution in [-0.4, -0.2) is 47.5 Å². The summed E-state index contributed by atoms with van der Waals surface area (Å²) in [6, 6.07) is 13.6. The third-order valence-electron chi connectivity index (χ3n) is 4.46. The van der Waals surface area contributed by atoms with Crippen LogP contribution in [0.2, 0.25) is 0 Å². The molecule has 1 heterocycles. The normalized spacial score (nSPS) is 15.4. The van der Waals surface area contributed by atoms with E-state index >= 15 is 0 Å². The maximum Gasteiger partial charge on any atom is 0.341 e. The third kappa shape index (κ3) is 3.60. The van der Waals surface area contributed by atoms with Crippen LogP contribution in [0.5, 0.6) is 5.75 Å². The van der Waals surface area contributed by atoms with Crippen LogP contribution in [-0.2, 0) is 9.84 Å². The lowest BCUT2D eigenvalue weighted by molar-refractivity contribution is 0.235. The molecule has 0 spiro atoms. The van der Waals surface area contributed by atoms with Crippen molar-refractivity contribution in [2.45, 2.75) is 10.7 Å². The number of ether oxygens (including phenoxy) is 1. The molecule has 0 amide bonds. The van der Waals surface area contributed by atoms with Crippen molar-refractivity contribution < 1.29 is 21.9 Å². The zero-order valence-corrected chi connectivity index (χ0v) is 15.1. The summed E-state index contributed by atoms with van der Waals surface area (Å²) in [6.45, 7) is 2.41. The zero-order valence-electron chi connectivity index (χ0n) is 14.3. The standard InChI is InChI=1S/C18H20F2N2O3S/c1-25-15-8-6-14(7-9-15)21-10-12-22(13-11-21)16-4-2-3-5-17(16)26(23,24)18(19)20/h2-9,18H,10-13H2,1H3. The van der Waals surface area contributed by atoms with Crippen LogP contribution in [0.25, 0.3) is 0 Å². The fraction of sp³-hybridized carbons (Fsp3) is 0.333. The van der Waals surface area contributed by atoms with Crippen LogP contribution < -0.4 is 14.5 Å². The van der Waals surface area contributed by atoms with Crippen molar-refractivity contribution in [2.24, 2.45) is 0 Å². The summed E-state index contributed by atoms with van der Waals surface area (Å²) in [5, 5.41) is 0. The highest BCUT2D eigenvalue weighted by atomic mass is 32.2. The maximum absolute atomic E-state index is 13.0. The molecule has 0 aliphatic carbocycles. The van der Waals surface area contributed by atoms with Crippen LogP contribution in [0.3, 0.4) is 0 Å². The van der Waals surface area contributed by atoms with Crippen molar-refractivity contribution in [1.29, 1.82) is 0 Å². The number of halogens is 2. The number of benzene rings is 2. The molecule has 1 saturated heterocycles. The van der Waals surface area contributed by atoms with Gasteiger partial charge < -0.3 is 14.5 Å². The van der Waals surface area contributed by atoms with E-state index in [1.54, 1.807) is 19.2 Å². The van der Waals surface area contributed by atoms with Gasteiger partial charge in [-0.1, -0.05) is 12.1 Å². The van der Waals surface area contributed by atoms with Crippen molar-refractivity contribution in [3.63, 3.8) is 0 Å².